The Balaban J connectivity index is 2.00. The van der Waals surface area contributed by atoms with Crippen molar-refractivity contribution < 1.29 is 0 Å². The van der Waals surface area contributed by atoms with Crippen LogP contribution in [0.3, 0.4) is 0 Å². The van der Waals surface area contributed by atoms with Crippen LogP contribution in [0.2, 0.25) is 0 Å². The van der Waals surface area contributed by atoms with E-state index in [0.717, 1.165) is 34.6 Å². The second kappa shape index (κ2) is 5.71. The molecule has 2 aromatic carbocycles. The third kappa shape index (κ3) is 2.54. The van der Waals surface area contributed by atoms with Gasteiger partial charge in [0.1, 0.15) is 5.82 Å². The van der Waals surface area contributed by atoms with Gasteiger partial charge < -0.3 is 4.57 Å². The third-order valence-corrected chi connectivity index (χ3v) is 4.12. The summed E-state index contributed by atoms with van der Waals surface area (Å²) in [6.45, 7) is 7.38. The van der Waals surface area contributed by atoms with Crippen molar-refractivity contribution in [2.45, 2.75) is 27.3 Å². The number of fused-ring (bicyclic) bond motifs is 2. The Morgan fingerprint density at radius 2 is 1.54 bits per heavy atom. The third-order valence-electron chi connectivity index (χ3n) is 4.12. The first-order chi connectivity index (χ1) is 11.6. The van der Waals surface area contributed by atoms with E-state index < -0.39 is 0 Å². The van der Waals surface area contributed by atoms with Crippen LogP contribution in [0.4, 0.5) is 0 Å². The minimum atomic E-state index is 0.500. The summed E-state index contributed by atoms with van der Waals surface area (Å²) in [5.74, 6) is 1.44. The summed E-state index contributed by atoms with van der Waals surface area (Å²) < 4.78 is 2.20. The molecular weight excluding hydrogens is 296 g/mol. The summed E-state index contributed by atoms with van der Waals surface area (Å²) in [6, 6.07) is 16.4. The van der Waals surface area contributed by atoms with E-state index in [1.165, 1.54) is 5.56 Å². The van der Waals surface area contributed by atoms with Crippen molar-refractivity contribution in [1.29, 1.82) is 0 Å². The Kier molecular flexibility index (Phi) is 3.53. The van der Waals surface area contributed by atoms with E-state index in [1.807, 2.05) is 24.3 Å². The Morgan fingerprint density at radius 1 is 0.875 bits per heavy atom. The van der Waals surface area contributed by atoms with Gasteiger partial charge in [0.2, 0.25) is 0 Å². The topological polar surface area (TPSA) is 43.6 Å². The van der Waals surface area contributed by atoms with Crippen LogP contribution in [0.15, 0.2) is 48.5 Å². The van der Waals surface area contributed by atoms with Crippen LogP contribution in [0.25, 0.3) is 33.7 Å². The molecule has 0 spiro atoms. The summed E-state index contributed by atoms with van der Waals surface area (Å²) >= 11 is 0. The molecule has 0 N–H and O–H groups in total. The van der Waals surface area contributed by atoms with E-state index in [4.69, 9.17) is 15.0 Å². The van der Waals surface area contributed by atoms with Crippen molar-refractivity contribution in [2.75, 3.05) is 0 Å². The summed E-state index contributed by atoms with van der Waals surface area (Å²) in [5.41, 5.74) is 5.71. The number of rotatable bonds is 3. The monoisotopic (exact) mass is 316 g/mol. The zero-order valence-corrected chi connectivity index (χ0v) is 14.2. The predicted octanol–water partition coefficient (Wildman–Crippen LogP) is 4.61. The van der Waals surface area contributed by atoms with Gasteiger partial charge in [0.25, 0.3) is 0 Å². The Bertz CT molecular complexity index is 1010. The highest BCUT2D eigenvalue weighted by atomic mass is 15.2. The number of imidazole rings is 1. The second-order valence-corrected chi connectivity index (χ2v) is 6.67. The molecule has 120 valence electrons. The Labute approximate surface area is 141 Å². The molecule has 0 unspecified atom stereocenters. The van der Waals surface area contributed by atoms with Gasteiger partial charge in [-0.1, -0.05) is 55.8 Å². The number of hydrogen-bond donors (Lipinski definition) is 0. The summed E-state index contributed by atoms with van der Waals surface area (Å²) in [4.78, 5) is 14.4. The minimum Gasteiger partial charge on any atom is -0.307 e. The highest BCUT2D eigenvalue weighted by Crippen LogP contribution is 2.26. The molecule has 0 amide bonds. The van der Waals surface area contributed by atoms with Crippen molar-refractivity contribution in [3.8, 4) is 11.4 Å². The van der Waals surface area contributed by atoms with Gasteiger partial charge in [0.15, 0.2) is 11.3 Å². The van der Waals surface area contributed by atoms with E-state index in [0.29, 0.717) is 11.6 Å². The van der Waals surface area contributed by atoms with E-state index in [-0.39, 0.29) is 0 Å². The maximum atomic E-state index is 4.83. The van der Waals surface area contributed by atoms with Gasteiger partial charge in [0, 0.05) is 12.1 Å². The first kappa shape index (κ1) is 14.8. The number of aryl methyl sites for hydroxylation is 1. The average molecular weight is 316 g/mol. The van der Waals surface area contributed by atoms with Crippen LogP contribution in [0, 0.1) is 12.8 Å². The fraction of sp³-hybridized carbons (Fsp3) is 0.250. The van der Waals surface area contributed by atoms with Gasteiger partial charge >= 0.3 is 0 Å². The summed E-state index contributed by atoms with van der Waals surface area (Å²) in [7, 11) is 0. The zero-order valence-electron chi connectivity index (χ0n) is 14.2. The molecule has 0 aliphatic rings. The van der Waals surface area contributed by atoms with Crippen LogP contribution in [0.1, 0.15) is 19.4 Å². The van der Waals surface area contributed by atoms with Gasteiger partial charge in [-0.2, -0.15) is 0 Å². The van der Waals surface area contributed by atoms with Gasteiger partial charge in [-0.05, 0) is 25.0 Å². The number of para-hydroxylation sites is 2. The molecule has 0 radical (unpaired) electrons. The number of aromatic nitrogens is 4. The molecule has 0 aliphatic heterocycles. The van der Waals surface area contributed by atoms with Crippen molar-refractivity contribution in [2.24, 2.45) is 5.92 Å². The maximum Gasteiger partial charge on any atom is 0.198 e. The molecule has 0 fully saturated rings. The second-order valence-electron chi connectivity index (χ2n) is 6.67. The van der Waals surface area contributed by atoms with Crippen molar-refractivity contribution in [3.05, 3.63) is 54.1 Å². The molecule has 4 aromatic rings. The molecule has 4 heteroatoms. The SMILES string of the molecule is Cc1ccc(-c2nc3nc4ccccc4nc3n2CC(C)C)cc1. The largest absolute Gasteiger partial charge is 0.307 e. The van der Waals surface area contributed by atoms with Gasteiger partial charge in [-0.3, -0.25) is 0 Å². The molecule has 0 bridgehead atoms. The fourth-order valence-corrected chi connectivity index (χ4v) is 2.96. The molecule has 0 saturated carbocycles. The zero-order chi connectivity index (χ0) is 16.7. The number of nitrogens with zero attached hydrogens (tertiary/aromatic N) is 4. The van der Waals surface area contributed by atoms with Crippen molar-refractivity contribution >= 4 is 22.3 Å². The quantitative estimate of drug-likeness (QED) is 0.554. The number of hydrogen-bond acceptors (Lipinski definition) is 3. The lowest BCUT2D eigenvalue weighted by Gasteiger charge is -2.11. The predicted molar refractivity (Wildman–Crippen MR) is 97.8 cm³/mol. The van der Waals surface area contributed by atoms with E-state index in [9.17, 15) is 0 Å². The van der Waals surface area contributed by atoms with Crippen LogP contribution >= 0.6 is 0 Å². The summed E-state index contributed by atoms with van der Waals surface area (Å²) in [5, 5.41) is 0. The molecule has 0 saturated heterocycles. The first-order valence-electron chi connectivity index (χ1n) is 8.32. The first-order valence-corrected chi connectivity index (χ1v) is 8.32. The van der Waals surface area contributed by atoms with Crippen LogP contribution in [0.5, 0.6) is 0 Å². The van der Waals surface area contributed by atoms with E-state index in [1.54, 1.807) is 0 Å². The molecule has 4 nitrogen and oxygen atoms in total. The maximum absolute atomic E-state index is 4.83. The van der Waals surface area contributed by atoms with Crippen molar-refractivity contribution in [1.82, 2.24) is 19.5 Å². The minimum absolute atomic E-state index is 0.500. The lowest BCUT2D eigenvalue weighted by molar-refractivity contribution is 0.534. The number of benzene rings is 2. The van der Waals surface area contributed by atoms with E-state index >= 15 is 0 Å². The van der Waals surface area contributed by atoms with Gasteiger partial charge in [-0.25, -0.2) is 15.0 Å². The highest BCUT2D eigenvalue weighted by Gasteiger charge is 2.16. The molecule has 0 aliphatic carbocycles. The molecule has 4 rings (SSSR count). The highest BCUT2D eigenvalue weighted by molar-refractivity contribution is 5.84. The van der Waals surface area contributed by atoms with Crippen LogP contribution < -0.4 is 0 Å². The van der Waals surface area contributed by atoms with E-state index in [2.05, 4.69) is 49.6 Å². The standard InChI is InChI=1S/C20H20N4/c1-13(2)12-24-19(15-10-8-14(3)9-11-15)23-18-20(24)22-17-7-5-4-6-16(17)21-18/h4-11,13H,12H2,1-3H3. The lowest BCUT2D eigenvalue weighted by atomic mass is 10.1. The molecule has 0 atom stereocenters. The molecular formula is C20H20N4. The Morgan fingerprint density at radius 3 is 2.21 bits per heavy atom. The van der Waals surface area contributed by atoms with Gasteiger partial charge in [0.05, 0.1) is 11.0 Å². The average Bonchev–Trinajstić information content (AvgIpc) is 2.90. The normalized spacial score (nSPS) is 11.7. The molecule has 24 heavy (non-hydrogen) atoms. The smallest absolute Gasteiger partial charge is 0.198 e. The fourth-order valence-electron chi connectivity index (χ4n) is 2.96. The van der Waals surface area contributed by atoms with Crippen LogP contribution in [-0.4, -0.2) is 19.5 Å². The lowest BCUT2D eigenvalue weighted by Crippen LogP contribution is -2.07. The molecule has 2 aromatic heterocycles. The van der Waals surface area contributed by atoms with Crippen molar-refractivity contribution in [3.63, 3.8) is 0 Å². The molecule has 2 heterocycles. The van der Waals surface area contributed by atoms with Gasteiger partial charge in [-0.15, -0.1) is 0 Å². The summed E-state index contributed by atoms with van der Waals surface area (Å²) in [6.07, 6.45) is 0. The Hall–Kier alpha value is -2.75. The van der Waals surface area contributed by atoms with Crippen LogP contribution in [-0.2, 0) is 6.54 Å².